The second kappa shape index (κ2) is 4.36. The molecular weight excluding hydrogens is 240 g/mol. The van der Waals surface area contributed by atoms with Crippen LogP contribution in [0.25, 0.3) is 0 Å². The SMILES string of the molecule is O=C(O)c1sc(C2CNCCO2)nc1C1CC1. The summed E-state index contributed by atoms with van der Waals surface area (Å²) >= 11 is 1.27. The molecule has 2 heterocycles. The maximum absolute atomic E-state index is 11.2. The lowest BCUT2D eigenvalue weighted by Crippen LogP contribution is -2.33. The number of morpholine rings is 1. The predicted octanol–water partition coefficient (Wildman–Crippen LogP) is 1.38. The summed E-state index contributed by atoms with van der Waals surface area (Å²) in [5.41, 5.74) is 0.770. The highest BCUT2D eigenvalue weighted by molar-refractivity contribution is 7.13. The number of aromatic carboxylic acids is 1. The molecule has 1 unspecified atom stereocenters. The van der Waals surface area contributed by atoms with E-state index in [1.807, 2.05) is 0 Å². The molecule has 3 rings (SSSR count). The van der Waals surface area contributed by atoms with Gasteiger partial charge in [-0.25, -0.2) is 9.78 Å². The van der Waals surface area contributed by atoms with Crippen molar-refractivity contribution in [3.63, 3.8) is 0 Å². The van der Waals surface area contributed by atoms with Crippen LogP contribution in [0.3, 0.4) is 0 Å². The van der Waals surface area contributed by atoms with E-state index in [4.69, 9.17) is 9.84 Å². The summed E-state index contributed by atoms with van der Waals surface area (Å²) in [5.74, 6) is -0.498. The van der Waals surface area contributed by atoms with E-state index in [0.717, 1.165) is 36.6 Å². The van der Waals surface area contributed by atoms with Gasteiger partial charge in [-0.3, -0.25) is 0 Å². The van der Waals surface area contributed by atoms with Crippen LogP contribution in [0.4, 0.5) is 0 Å². The molecule has 0 aromatic carbocycles. The van der Waals surface area contributed by atoms with Crippen LogP contribution < -0.4 is 5.32 Å². The number of rotatable bonds is 3. The molecule has 1 aliphatic carbocycles. The Morgan fingerprint density at radius 1 is 1.53 bits per heavy atom. The highest BCUT2D eigenvalue weighted by Crippen LogP contribution is 2.43. The molecule has 5 nitrogen and oxygen atoms in total. The summed E-state index contributed by atoms with van der Waals surface area (Å²) in [5, 5.41) is 13.2. The fraction of sp³-hybridized carbons (Fsp3) is 0.636. The molecule has 1 aromatic heterocycles. The molecule has 1 aromatic rings. The average Bonchev–Trinajstić information content (AvgIpc) is 3.09. The van der Waals surface area contributed by atoms with Gasteiger partial charge in [0, 0.05) is 19.0 Å². The molecule has 0 amide bonds. The van der Waals surface area contributed by atoms with Gasteiger partial charge in [0.15, 0.2) is 0 Å². The van der Waals surface area contributed by atoms with Gasteiger partial charge >= 0.3 is 5.97 Å². The molecule has 0 bridgehead atoms. The number of thiazole rings is 1. The Balaban J connectivity index is 1.89. The molecule has 2 N–H and O–H groups in total. The molecule has 2 aliphatic rings. The topological polar surface area (TPSA) is 71.5 Å². The van der Waals surface area contributed by atoms with Crippen molar-refractivity contribution >= 4 is 17.3 Å². The lowest BCUT2D eigenvalue weighted by Gasteiger charge is -2.21. The van der Waals surface area contributed by atoms with Crippen LogP contribution >= 0.6 is 11.3 Å². The van der Waals surface area contributed by atoms with Crippen molar-refractivity contribution in [1.29, 1.82) is 0 Å². The number of nitrogens with zero attached hydrogens (tertiary/aromatic N) is 1. The van der Waals surface area contributed by atoms with Crippen molar-refractivity contribution in [3.8, 4) is 0 Å². The molecule has 6 heteroatoms. The van der Waals surface area contributed by atoms with Crippen LogP contribution in [0, 0.1) is 0 Å². The van der Waals surface area contributed by atoms with Gasteiger partial charge in [-0.15, -0.1) is 11.3 Å². The highest BCUT2D eigenvalue weighted by Gasteiger charge is 2.33. The van der Waals surface area contributed by atoms with Crippen LogP contribution in [0.15, 0.2) is 0 Å². The molecular formula is C11H14N2O3S. The van der Waals surface area contributed by atoms with Crippen LogP contribution in [-0.4, -0.2) is 35.8 Å². The Morgan fingerprint density at radius 3 is 2.94 bits per heavy atom. The van der Waals surface area contributed by atoms with E-state index >= 15 is 0 Å². The second-order valence-corrected chi connectivity index (χ2v) is 5.44. The van der Waals surface area contributed by atoms with Crippen molar-refractivity contribution in [1.82, 2.24) is 10.3 Å². The Kier molecular flexibility index (Phi) is 2.85. The number of hydrogen-bond donors (Lipinski definition) is 2. The third-order valence-corrected chi connectivity index (χ3v) is 4.18. The molecule has 0 spiro atoms. The van der Waals surface area contributed by atoms with Gasteiger partial charge < -0.3 is 15.2 Å². The minimum absolute atomic E-state index is 0.0839. The molecule has 2 fully saturated rings. The Morgan fingerprint density at radius 2 is 2.35 bits per heavy atom. The zero-order chi connectivity index (χ0) is 11.8. The summed E-state index contributed by atoms with van der Waals surface area (Å²) in [7, 11) is 0. The first-order valence-corrected chi connectivity index (χ1v) is 6.63. The predicted molar refractivity (Wildman–Crippen MR) is 62.6 cm³/mol. The van der Waals surface area contributed by atoms with Crippen LogP contribution in [0.5, 0.6) is 0 Å². The van der Waals surface area contributed by atoms with Crippen molar-refractivity contribution < 1.29 is 14.6 Å². The second-order valence-electron chi connectivity index (χ2n) is 4.41. The number of carbonyl (C=O) groups is 1. The molecule has 1 atom stereocenters. The van der Waals surface area contributed by atoms with Crippen molar-refractivity contribution in [2.45, 2.75) is 24.9 Å². The van der Waals surface area contributed by atoms with Gasteiger partial charge in [-0.2, -0.15) is 0 Å². The number of nitrogens with one attached hydrogen (secondary N) is 1. The maximum atomic E-state index is 11.2. The number of hydrogen-bond acceptors (Lipinski definition) is 5. The van der Waals surface area contributed by atoms with Gasteiger partial charge in [0.25, 0.3) is 0 Å². The van der Waals surface area contributed by atoms with E-state index in [1.165, 1.54) is 11.3 Å². The molecule has 1 saturated carbocycles. The largest absolute Gasteiger partial charge is 0.477 e. The first-order valence-electron chi connectivity index (χ1n) is 5.82. The fourth-order valence-corrected chi connectivity index (χ4v) is 3.04. The average molecular weight is 254 g/mol. The number of ether oxygens (including phenoxy) is 1. The van der Waals surface area contributed by atoms with Crippen molar-refractivity contribution in [2.24, 2.45) is 0 Å². The minimum Gasteiger partial charge on any atom is -0.477 e. The first kappa shape index (κ1) is 11.1. The Labute approximate surface area is 103 Å². The zero-order valence-electron chi connectivity index (χ0n) is 9.31. The van der Waals surface area contributed by atoms with Crippen LogP contribution in [0.2, 0.25) is 0 Å². The lowest BCUT2D eigenvalue weighted by molar-refractivity contribution is 0.0275. The van der Waals surface area contributed by atoms with Gasteiger partial charge in [0.1, 0.15) is 16.0 Å². The third kappa shape index (κ3) is 2.20. The molecule has 1 aliphatic heterocycles. The van der Waals surface area contributed by atoms with Gasteiger partial charge in [0.05, 0.1) is 12.3 Å². The zero-order valence-corrected chi connectivity index (χ0v) is 10.1. The van der Waals surface area contributed by atoms with Gasteiger partial charge in [0.2, 0.25) is 0 Å². The number of aromatic nitrogens is 1. The van der Waals surface area contributed by atoms with E-state index in [2.05, 4.69) is 10.3 Å². The van der Waals surface area contributed by atoms with Crippen LogP contribution in [0.1, 0.15) is 45.2 Å². The van der Waals surface area contributed by atoms with Gasteiger partial charge in [-0.1, -0.05) is 0 Å². The minimum atomic E-state index is -0.862. The summed E-state index contributed by atoms with van der Waals surface area (Å²) in [6, 6.07) is 0. The summed E-state index contributed by atoms with van der Waals surface area (Å²) in [6.07, 6.45) is 2.04. The lowest BCUT2D eigenvalue weighted by atomic mass is 10.2. The normalized spacial score (nSPS) is 24.8. The molecule has 0 radical (unpaired) electrons. The highest BCUT2D eigenvalue weighted by atomic mass is 32.1. The molecule has 92 valence electrons. The summed E-state index contributed by atoms with van der Waals surface area (Å²) < 4.78 is 5.60. The van der Waals surface area contributed by atoms with E-state index in [1.54, 1.807) is 0 Å². The molecule has 17 heavy (non-hydrogen) atoms. The number of carboxylic acids is 1. The van der Waals surface area contributed by atoms with E-state index in [-0.39, 0.29) is 6.10 Å². The summed E-state index contributed by atoms with van der Waals surface area (Å²) in [4.78, 5) is 16.1. The van der Waals surface area contributed by atoms with E-state index < -0.39 is 5.97 Å². The smallest absolute Gasteiger partial charge is 0.347 e. The van der Waals surface area contributed by atoms with Crippen LogP contribution in [-0.2, 0) is 4.74 Å². The Hall–Kier alpha value is -0.980. The fourth-order valence-electron chi connectivity index (χ4n) is 2.00. The quantitative estimate of drug-likeness (QED) is 0.852. The standard InChI is InChI=1S/C11H14N2O3S/c14-11(15)9-8(6-1-2-6)13-10(17-9)7-5-12-3-4-16-7/h6-7,12H,1-5H2,(H,14,15). The third-order valence-electron chi connectivity index (χ3n) is 3.03. The first-order chi connectivity index (χ1) is 8.25. The number of carboxylic acid groups (broad SMARTS) is 1. The monoisotopic (exact) mass is 254 g/mol. The summed E-state index contributed by atoms with van der Waals surface area (Å²) in [6.45, 7) is 2.23. The van der Waals surface area contributed by atoms with Crippen molar-refractivity contribution in [3.05, 3.63) is 15.6 Å². The van der Waals surface area contributed by atoms with E-state index in [9.17, 15) is 4.79 Å². The molecule has 1 saturated heterocycles. The Bertz CT molecular complexity index is 436. The van der Waals surface area contributed by atoms with E-state index in [0.29, 0.717) is 17.4 Å². The van der Waals surface area contributed by atoms with Gasteiger partial charge in [-0.05, 0) is 12.8 Å². The maximum Gasteiger partial charge on any atom is 0.347 e. The van der Waals surface area contributed by atoms with Crippen molar-refractivity contribution in [2.75, 3.05) is 19.7 Å².